The van der Waals surface area contributed by atoms with Crippen LogP contribution >= 0.6 is 15.9 Å². The van der Waals surface area contributed by atoms with Crippen molar-refractivity contribution in [3.63, 3.8) is 0 Å². The molecule has 104 valence electrons. The monoisotopic (exact) mass is 330 g/mol. The smallest absolute Gasteiger partial charge is 0.0250 e. The van der Waals surface area contributed by atoms with Gasteiger partial charge in [0.15, 0.2) is 0 Å². The van der Waals surface area contributed by atoms with Gasteiger partial charge in [0.05, 0.1) is 0 Å². The average Bonchev–Trinajstić information content (AvgIpc) is 2.81. The summed E-state index contributed by atoms with van der Waals surface area (Å²) in [4.78, 5) is 2.45. The van der Waals surface area contributed by atoms with Crippen LogP contribution in [-0.2, 0) is 6.54 Å². The first-order chi connectivity index (χ1) is 9.72. The molecule has 3 rings (SSSR count). The summed E-state index contributed by atoms with van der Waals surface area (Å²) in [6, 6.07) is 19.4. The molecule has 0 radical (unpaired) electrons. The molecule has 0 amide bonds. The van der Waals surface area contributed by atoms with Crippen molar-refractivity contribution in [1.29, 1.82) is 0 Å². The molecule has 1 heterocycles. The highest BCUT2D eigenvalue weighted by atomic mass is 79.9. The quantitative estimate of drug-likeness (QED) is 0.934. The van der Waals surface area contributed by atoms with Gasteiger partial charge in [0.1, 0.15) is 0 Å². The van der Waals surface area contributed by atoms with Crippen LogP contribution in [0.15, 0.2) is 59.1 Å². The van der Waals surface area contributed by atoms with Gasteiger partial charge in [-0.1, -0.05) is 58.4 Å². The number of nitrogens with zero attached hydrogens (tertiary/aromatic N) is 1. The third-order valence-electron chi connectivity index (χ3n) is 3.99. The molecular weight excluding hydrogens is 312 g/mol. The maximum Gasteiger partial charge on any atom is 0.0250 e. The molecule has 2 aromatic rings. The summed E-state index contributed by atoms with van der Waals surface area (Å²) in [6.45, 7) is 2.99. The van der Waals surface area contributed by atoms with E-state index >= 15 is 0 Å². The Kier molecular flexibility index (Phi) is 4.20. The van der Waals surface area contributed by atoms with Crippen LogP contribution in [-0.4, -0.2) is 24.0 Å². The summed E-state index contributed by atoms with van der Waals surface area (Å²) >= 11 is 3.48. The molecular formula is C17H19BrN2. The zero-order valence-electron chi connectivity index (χ0n) is 11.4. The van der Waals surface area contributed by atoms with Gasteiger partial charge in [-0.2, -0.15) is 0 Å². The topological polar surface area (TPSA) is 29.3 Å². The number of hydrogen-bond donors (Lipinski definition) is 1. The molecule has 0 unspecified atom stereocenters. The van der Waals surface area contributed by atoms with Gasteiger partial charge in [0.2, 0.25) is 0 Å². The maximum atomic E-state index is 6.34. The number of hydrogen-bond acceptors (Lipinski definition) is 2. The van der Waals surface area contributed by atoms with Crippen molar-refractivity contribution < 1.29 is 0 Å². The Bertz CT molecular complexity index is 553. The van der Waals surface area contributed by atoms with E-state index in [1.54, 1.807) is 0 Å². The molecule has 2 nitrogen and oxygen atoms in total. The van der Waals surface area contributed by atoms with Gasteiger partial charge >= 0.3 is 0 Å². The minimum Gasteiger partial charge on any atom is -0.326 e. The van der Waals surface area contributed by atoms with Crippen molar-refractivity contribution in [2.24, 2.45) is 5.73 Å². The third kappa shape index (κ3) is 3.11. The highest BCUT2D eigenvalue weighted by Gasteiger charge is 2.30. The molecule has 2 N–H and O–H groups in total. The number of likely N-dealkylation sites (tertiary alicyclic amines) is 1. The predicted octanol–water partition coefficient (Wildman–Crippen LogP) is 3.38. The lowest BCUT2D eigenvalue weighted by Gasteiger charge is -2.16. The molecule has 0 bridgehead atoms. The van der Waals surface area contributed by atoms with Crippen LogP contribution in [0.3, 0.4) is 0 Å². The molecule has 1 fully saturated rings. The van der Waals surface area contributed by atoms with Crippen LogP contribution in [0, 0.1) is 0 Å². The molecule has 2 aromatic carbocycles. The Morgan fingerprint density at radius 1 is 1.00 bits per heavy atom. The summed E-state index contributed by atoms with van der Waals surface area (Å²) in [7, 11) is 0. The second kappa shape index (κ2) is 6.08. The standard InChI is InChI=1S/C17H19BrN2/c18-15-8-6-14(7-9-15)16-11-20(12-17(16)19)10-13-4-2-1-3-5-13/h1-9,16-17H,10-12,19H2/t16-,17-/m1/s1. The van der Waals surface area contributed by atoms with E-state index in [1.165, 1.54) is 11.1 Å². The van der Waals surface area contributed by atoms with E-state index in [2.05, 4.69) is 75.4 Å². The first-order valence-electron chi connectivity index (χ1n) is 7.00. The fraction of sp³-hybridized carbons (Fsp3) is 0.294. The summed E-state index contributed by atoms with van der Waals surface area (Å²) in [6.07, 6.45) is 0. The van der Waals surface area contributed by atoms with Crippen molar-refractivity contribution in [1.82, 2.24) is 4.90 Å². The Balaban J connectivity index is 1.69. The van der Waals surface area contributed by atoms with Gasteiger partial charge in [0, 0.05) is 36.1 Å². The SMILES string of the molecule is N[C@@H]1CN(Cc2ccccc2)C[C@@H]1c1ccc(Br)cc1. The number of benzene rings is 2. The molecule has 1 aliphatic heterocycles. The lowest BCUT2D eigenvalue weighted by molar-refractivity contribution is 0.324. The van der Waals surface area contributed by atoms with Crippen LogP contribution in [0.4, 0.5) is 0 Å². The zero-order chi connectivity index (χ0) is 13.9. The molecule has 2 atom stereocenters. The molecule has 0 saturated carbocycles. The number of nitrogens with two attached hydrogens (primary N) is 1. The molecule has 1 aliphatic rings. The van der Waals surface area contributed by atoms with Crippen molar-refractivity contribution >= 4 is 15.9 Å². The van der Waals surface area contributed by atoms with E-state index in [-0.39, 0.29) is 6.04 Å². The van der Waals surface area contributed by atoms with Crippen LogP contribution in [0.25, 0.3) is 0 Å². The number of rotatable bonds is 3. The molecule has 0 aliphatic carbocycles. The molecule has 3 heteroatoms. The number of halogens is 1. The summed E-state index contributed by atoms with van der Waals surface area (Å²) < 4.78 is 1.12. The minimum atomic E-state index is 0.222. The highest BCUT2D eigenvalue weighted by molar-refractivity contribution is 9.10. The van der Waals surface area contributed by atoms with Crippen molar-refractivity contribution in [3.8, 4) is 0 Å². The van der Waals surface area contributed by atoms with E-state index in [4.69, 9.17) is 5.73 Å². The Morgan fingerprint density at radius 2 is 1.70 bits per heavy atom. The summed E-state index contributed by atoms with van der Waals surface area (Å²) in [5, 5.41) is 0. The zero-order valence-corrected chi connectivity index (χ0v) is 13.0. The van der Waals surface area contributed by atoms with Crippen molar-refractivity contribution in [2.45, 2.75) is 18.5 Å². The van der Waals surface area contributed by atoms with Crippen LogP contribution in [0.1, 0.15) is 17.0 Å². The second-order valence-electron chi connectivity index (χ2n) is 5.50. The molecule has 0 spiro atoms. The highest BCUT2D eigenvalue weighted by Crippen LogP contribution is 2.28. The van der Waals surface area contributed by atoms with Crippen LogP contribution < -0.4 is 5.73 Å². The summed E-state index contributed by atoms with van der Waals surface area (Å²) in [5.74, 6) is 0.437. The van der Waals surface area contributed by atoms with E-state index in [0.717, 1.165) is 24.1 Å². The molecule has 1 saturated heterocycles. The van der Waals surface area contributed by atoms with Gasteiger partial charge < -0.3 is 5.73 Å². The van der Waals surface area contributed by atoms with E-state index < -0.39 is 0 Å². The Morgan fingerprint density at radius 3 is 2.40 bits per heavy atom. The van der Waals surface area contributed by atoms with E-state index in [9.17, 15) is 0 Å². The third-order valence-corrected chi connectivity index (χ3v) is 4.52. The van der Waals surface area contributed by atoms with Gasteiger partial charge in [-0.15, -0.1) is 0 Å². The van der Waals surface area contributed by atoms with Crippen molar-refractivity contribution in [3.05, 3.63) is 70.2 Å². The van der Waals surface area contributed by atoms with E-state index in [1.807, 2.05) is 0 Å². The second-order valence-corrected chi connectivity index (χ2v) is 6.42. The van der Waals surface area contributed by atoms with Crippen molar-refractivity contribution in [2.75, 3.05) is 13.1 Å². The minimum absolute atomic E-state index is 0.222. The first kappa shape index (κ1) is 13.8. The molecule has 0 aromatic heterocycles. The first-order valence-corrected chi connectivity index (χ1v) is 7.79. The Labute approximate surface area is 128 Å². The van der Waals surface area contributed by atoms with Gasteiger partial charge in [0.25, 0.3) is 0 Å². The van der Waals surface area contributed by atoms with Gasteiger partial charge in [-0.3, -0.25) is 4.90 Å². The van der Waals surface area contributed by atoms with E-state index in [0.29, 0.717) is 5.92 Å². The van der Waals surface area contributed by atoms with Crippen LogP contribution in [0.2, 0.25) is 0 Å². The van der Waals surface area contributed by atoms with Gasteiger partial charge in [-0.25, -0.2) is 0 Å². The normalized spacial score (nSPS) is 23.1. The molecule has 20 heavy (non-hydrogen) atoms. The fourth-order valence-corrected chi connectivity index (χ4v) is 3.21. The Hall–Kier alpha value is -1.16. The maximum absolute atomic E-state index is 6.34. The summed E-state index contributed by atoms with van der Waals surface area (Å²) in [5.41, 5.74) is 9.04. The largest absolute Gasteiger partial charge is 0.326 e. The predicted molar refractivity (Wildman–Crippen MR) is 86.6 cm³/mol. The average molecular weight is 331 g/mol. The lowest BCUT2D eigenvalue weighted by Crippen LogP contribution is -2.28. The van der Waals surface area contributed by atoms with Gasteiger partial charge in [-0.05, 0) is 23.3 Å². The van der Waals surface area contributed by atoms with Crippen LogP contribution in [0.5, 0.6) is 0 Å². The lowest BCUT2D eigenvalue weighted by atomic mass is 9.95. The fourth-order valence-electron chi connectivity index (χ4n) is 2.95.